The number of anilines is 1. The van der Waals surface area contributed by atoms with E-state index in [-0.39, 0.29) is 5.54 Å². The molecule has 0 spiro atoms. The zero-order valence-electron chi connectivity index (χ0n) is 9.37. The van der Waals surface area contributed by atoms with E-state index in [2.05, 4.69) is 28.4 Å². The molecule has 1 fully saturated rings. The molecule has 1 aliphatic carbocycles. The molecular weight excluding hydrogens is 186 g/mol. The third-order valence-corrected chi connectivity index (χ3v) is 3.16. The van der Waals surface area contributed by atoms with E-state index in [1.807, 2.05) is 18.5 Å². The van der Waals surface area contributed by atoms with Crippen molar-refractivity contribution in [1.82, 2.24) is 9.55 Å². The van der Waals surface area contributed by atoms with E-state index >= 15 is 0 Å². The van der Waals surface area contributed by atoms with Crippen molar-refractivity contribution in [3.63, 3.8) is 0 Å². The Kier molecular flexibility index (Phi) is 2.80. The van der Waals surface area contributed by atoms with Crippen LogP contribution < -0.4 is 5.32 Å². The number of hydrogen-bond donors (Lipinski definition) is 1. The molecule has 0 atom stereocenters. The fourth-order valence-corrected chi connectivity index (χ4v) is 2.27. The molecule has 0 unspecified atom stereocenters. The van der Waals surface area contributed by atoms with Gasteiger partial charge in [-0.05, 0) is 19.8 Å². The predicted molar refractivity (Wildman–Crippen MR) is 62.9 cm³/mol. The van der Waals surface area contributed by atoms with Gasteiger partial charge in [0.2, 0.25) is 5.95 Å². The van der Waals surface area contributed by atoms with Crippen molar-refractivity contribution in [3.05, 3.63) is 25.0 Å². The number of hydrogen-bond acceptors (Lipinski definition) is 2. The first-order chi connectivity index (χ1) is 7.23. The molecule has 1 saturated carbocycles. The van der Waals surface area contributed by atoms with Gasteiger partial charge in [0, 0.05) is 24.5 Å². The van der Waals surface area contributed by atoms with Crippen LogP contribution in [0.15, 0.2) is 25.0 Å². The lowest BCUT2D eigenvalue weighted by Crippen LogP contribution is -2.32. The maximum absolute atomic E-state index is 4.35. The molecule has 0 saturated heterocycles. The highest BCUT2D eigenvalue weighted by Crippen LogP contribution is 2.31. The van der Waals surface area contributed by atoms with Crippen molar-refractivity contribution >= 4 is 5.95 Å². The molecule has 1 heterocycles. The second kappa shape index (κ2) is 4.09. The summed E-state index contributed by atoms with van der Waals surface area (Å²) in [6, 6.07) is 0. The first-order valence-electron chi connectivity index (χ1n) is 5.64. The van der Waals surface area contributed by atoms with E-state index < -0.39 is 0 Å². The van der Waals surface area contributed by atoms with Crippen molar-refractivity contribution < 1.29 is 0 Å². The Balaban J connectivity index is 2.09. The zero-order valence-corrected chi connectivity index (χ0v) is 9.37. The van der Waals surface area contributed by atoms with Gasteiger partial charge < -0.3 is 9.88 Å². The minimum Gasteiger partial charge on any atom is -0.350 e. The van der Waals surface area contributed by atoms with Crippen LogP contribution in [0.2, 0.25) is 0 Å². The fourth-order valence-electron chi connectivity index (χ4n) is 2.27. The second-order valence-electron chi connectivity index (χ2n) is 4.58. The van der Waals surface area contributed by atoms with Crippen LogP contribution in [-0.2, 0) is 6.54 Å². The largest absolute Gasteiger partial charge is 0.350 e. The van der Waals surface area contributed by atoms with E-state index in [9.17, 15) is 0 Å². The maximum atomic E-state index is 4.35. The summed E-state index contributed by atoms with van der Waals surface area (Å²) in [5.41, 5.74) is 0.240. The fraction of sp³-hybridized carbons (Fsp3) is 0.583. The molecule has 15 heavy (non-hydrogen) atoms. The van der Waals surface area contributed by atoms with E-state index in [1.54, 1.807) is 0 Å². The molecule has 0 aromatic carbocycles. The van der Waals surface area contributed by atoms with Gasteiger partial charge in [-0.15, -0.1) is 6.58 Å². The van der Waals surface area contributed by atoms with Gasteiger partial charge in [0.1, 0.15) is 0 Å². The number of nitrogens with one attached hydrogen (secondary N) is 1. The van der Waals surface area contributed by atoms with Gasteiger partial charge in [0.15, 0.2) is 0 Å². The SMILES string of the molecule is C=CCn1ccnc1NC1(C)CCCC1. The van der Waals surface area contributed by atoms with Crippen molar-refractivity contribution in [2.45, 2.75) is 44.7 Å². The van der Waals surface area contributed by atoms with E-state index in [1.165, 1.54) is 25.7 Å². The van der Waals surface area contributed by atoms with Gasteiger partial charge in [-0.2, -0.15) is 0 Å². The summed E-state index contributed by atoms with van der Waals surface area (Å²) in [5.74, 6) is 0.972. The zero-order chi connectivity index (χ0) is 10.7. The summed E-state index contributed by atoms with van der Waals surface area (Å²) in [7, 11) is 0. The van der Waals surface area contributed by atoms with Crippen molar-refractivity contribution in [2.75, 3.05) is 5.32 Å². The maximum Gasteiger partial charge on any atom is 0.203 e. The Hall–Kier alpha value is -1.25. The molecule has 3 nitrogen and oxygen atoms in total. The van der Waals surface area contributed by atoms with Crippen LogP contribution in [0.25, 0.3) is 0 Å². The van der Waals surface area contributed by atoms with Crippen LogP contribution in [0, 0.1) is 0 Å². The molecule has 3 heteroatoms. The molecule has 1 aliphatic rings. The van der Waals surface area contributed by atoms with E-state index in [4.69, 9.17) is 0 Å². The summed E-state index contributed by atoms with van der Waals surface area (Å²) >= 11 is 0. The lowest BCUT2D eigenvalue weighted by molar-refractivity contribution is 0.524. The molecule has 0 amide bonds. The Bertz CT molecular complexity index is 334. The Morgan fingerprint density at radius 2 is 2.33 bits per heavy atom. The molecule has 0 radical (unpaired) electrons. The summed E-state index contributed by atoms with van der Waals surface area (Å²) < 4.78 is 2.09. The average molecular weight is 205 g/mol. The van der Waals surface area contributed by atoms with Crippen LogP contribution in [0.3, 0.4) is 0 Å². The molecule has 0 bridgehead atoms. The van der Waals surface area contributed by atoms with Crippen LogP contribution >= 0.6 is 0 Å². The summed E-state index contributed by atoms with van der Waals surface area (Å²) in [6.45, 7) is 6.85. The highest BCUT2D eigenvalue weighted by molar-refractivity contribution is 5.31. The van der Waals surface area contributed by atoms with Crippen LogP contribution in [0.1, 0.15) is 32.6 Å². The summed E-state index contributed by atoms with van der Waals surface area (Å²) in [4.78, 5) is 4.35. The molecule has 82 valence electrons. The van der Waals surface area contributed by atoms with Gasteiger partial charge >= 0.3 is 0 Å². The predicted octanol–water partition coefficient (Wildman–Crippen LogP) is 2.81. The van der Waals surface area contributed by atoms with Crippen LogP contribution in [-0.4, -0.2) is 15.1 Å². The average Bonchev–Trinajstić information content (AvgIpc) is 2.78. The molecule has 1 aromatic heterocycles. The highest BCUT2D eigenvalue weighted by atomic mass is 15.2. The van der Waals surface area contributed by atoms with Crippen LogP contribution in [0.5, 0.6) is 0 Å². The Morgan fingerprint density at radius 1 is 1.60 bits per heavy atom. The topological polar surface area (TPSA) is 29.9 Å². The summed E-state index contributed by atoms with van der Waals surface area (Å²) in [6.07, 6.45) is 10.9. The van der Waals surface area contributed by atoms with Crippen molar-refractivity contribution in [2.24, 2.45) is 0 Å². The quantitative estimate of drug-likeness (QED) is 0.766. The first-order valence-corrected chi connectivity index (χ1v) is 5.64. The van der Waals surface area contributed by atoms with Gasteiger partial charge in [0.25, 0.3) is 0 Å². The lowest BCUT2D eigenvalue weighted by atomic mass is 10.0. The summed E-state index contributed by atoms with van der Waals surface area (Å²) in [5, 5.41) is 3.55. The van der Waals surface area contributed by atoms with E-state index in [0.29, 0.717) is 0 Å². The number of nitrogens with zero attached hydrogens (tertiary/aromatic N) is 2. The first kappa shape index (κ1) is 10.3. The minimum absolute atomic E-state index is 0.240. The smallest absolute Gasteiger partial charge is 0.203 e. The third-order valence-electron chi connectivity index (χ3n) is 3.16. The second-order valence-corrected chi connectivity index (χ2v) is 4.58. The molecule has 0 aliphatic heterocycles. The van der Waals surface area contributed by atoms with Gasteiger partial charge in [-0.1, -0.05) is 18.9 Å². The number of allylic oxidation sites excluding steroid dienone is 1. The number of rotatable bonds is 4. The Morgan fingerprint density at radius 3 is 3.00 bits per heavy atom. The van der Waals surface area contributed by atoms with Crippen molar-refractivity contribution in [3.8, 4) is 0 Å². The van der Waals surface area contributed by atoms with Gasteiger partial charge in [0.05, 0.1) is 0 Å². The van der Waals surface area contributed by atoms with E-state index in [0.717, 1.165) is 12.5 Å². The lowest BCUT2D eigenvalue weighted by Gasteiger charge is -2.26. The normalized spacial score (nSPS) is 19.0. The minimum atomic E-state index is 0.240. The third kappa shape index (κ3) is 2.22. The number of imidazole rings is 1. The molecule has 2 rings (SSSR count). The standard InChI is InChI=1S/C12H19N3/c1-3-9-15-10-8-13-11(15)14-12(2)6-4-5-7-12/h3,8,10H,1,4-7,9H2,2H3,(H,13,14). The van der Waals surface area contributed by atoms with Gasteiger partial charge in [-0.3, -0.25) is 0 Å². The van der Waals surface area contributed by atoms with Crippen LogP contribution in [0.4, 0.5) is 5.95 Å². The molecule has 1 aromatic rings. The highest BCUT2D eigenvalue weighted by Gasteiger charge is 2.29. The Labute approximate surface area is 91.2 Å². The van der Waals surface area contributed by atoms with Crippen molar-refractivity contribution in [1.29, 1.82) is 0 Å². The monoisotopic (exact) mass is 205 g/mol. The molecule has 1 N–H and O–H groups in total. The number of aromatic nitrogens is 2. The molecular formula is C12H19N3. The van der Waals surface area contributed by atoms with Gasteiger partial charge in [-0.25, -0.2) is 4.98 Å².